The van der Waals surface area contributed by atoms with E-state index in [0.29, 0.717) is 18.2 Å². The molecular formula is C27H32N2O2S. The third-order valence-corrected chi connectivity index (χ3v) is 5.94. The van der Waals surface area contributed by atoms with Crippen molar-refractivity contribution in [3.8, 4) is 11.5 Å². The number of hydrogen-bond acceptors (Lipinski definition) is 3. The highest BCUT2D eigenvalue weighted by Crippen LogP contribution is 2.24. The Hall–Kier alpha value is -3.05. The molecule has 0 atom stereocenters. The van der Waals surface area contributed by atoms with Gasteiger partial charge < -0.3 is 19.7 Å². The van der Waals surface area contributed by atoms with Gasteiger partial charge in [0, 0.05) is 18.8 Å². The van der Waals surface area contributed by atoms with E-state index in [1.807, 2.05) is 24.3 Å². The van der Waals surface area contributed by atoms with Gasteiger partial charge in [-0.2, -0.15) is 0 Å². The Morgan fingerprint density at radius 3 is 1.56 bits per heavy atom. The highest BCUT2D eigenvalue weighted by molar-refractivity contribution is 7.80. The quantitative estimate of drug-likeness (QED) is 0.393. The van der Waals surface area contributed by atoms with Gasteiger partial charge in [-0.1, -0.05) is 56.3 Å². The summed E-state index contributed by atoms with van der Waals surface area (Å²) in [6.45, 7) is 5.74. The molecule has 0 spiro atoms. The summed E-state index contributed by atoms with van der Waals surface area (Å²) >= 11 is 5.93. The zero-order valence-electron chi connectivity index (χ0n) is 19.4. The number of anilines is 1. The van der Waals surface area contributed by atoms with Crippen LogP contribution in [0.4, 0.5) is 5.69 Å². The first-order chi connectivity index (χ1) is 15.6. The Labute approximate surface area is 197 Å². The molecule has 0 aliphatic carbocycles. The van der Waals surface area contributed by atoms with Crippen LogP contribution in [0.15, 0.2) is 66.7 Å². The number of rotatable bonds is 9. The first kappa shape index (κ1) is 23.6. The largest absolute Gasteiger partial charge is 0.497 e. The van der Waals surface area contributed by atoms with Crippen LogP contribution in [0.2, 0.25) is 0 Å². The second-order valence-electron chi connectivity index (χ2n) is 7.64. The van der Waals surface area contributed by atoms with E-state index < -0.39 is 0 Å². The maximum absolute atomic E-state index is 5.93. The topological polar surface area (TPSA) is 33.7 Å². The number of thiocarbonyl (C=S) groups is 1. The molecule has 1 N–H and O–H groups in total. The van der Waals surface area contributed by atoms with E-state index in [4.69, 9.17) is 21.7 Å². The minimum atomic E-state index is 0.692. The fourth-order valence-corrected chi connectivity index (χ4v) is 3.92. The second-order valence-corrected chi connectivity index (χ2v) is 8.03. The number of nitrogens with zero attached hydrogens (tertiary/aromatic N) is 1. The lowest BCUT2D eigenvalue weighted by atomic mass is 10.0. The van der Waals surface area contributed by atoms with Crippen LogP contribution in [-0.2, 0) is 25.9 Å². The summed E-state index contributed by atoms with van der Waals surface area (Å²) in [5, 5.41) is 4.29. The highest BCUT2D eigenvalue weighted by Gasteiger charge is 2.15. The molecule has 0 aliphatic rings. The van der Waals surface area contributed by atoms with E-state index in [1.165, 1.54) is 22.3 Å². The van der Waals surface area contributed by atoms with Crippen LogP contribution in [0, 0.1) is 0 Å². The van der Waals surface area contributed by atoms with Crippen molar-refractivity contribution in [3.63, 3.8) is 0 Å². The number of ether oxygens (including phenoxy) is 2. The molecule has 3 aromatic carbocycles. The monoisotopic (exact) mass is 448 g/mol. The van der Waals surface area contributed by atoms with Crippen molar-refractivity contribution in [2.24, 2.45) is 0 Å². The van der Waals surface area contributed by atoms with Gasteiger partial charge in [0.1, 0.15) is 11.5 Å². The Kier molecular flexibility index (Phi) is 8.51. The lowest BCUT2D eigenvalue weighted by Crippen LogP contribution is -2.34. The van der Waals surface area contributed by atoms with Gasteiger partial charge in [0.15, 0.2) is 5.11 Å². The third-order valence-electron chi connectivity index (χ3n) is 5.58. The van der Waals surface area contributed by atoms with Crippen LogP contribution in [-0.4, -0.2) is 24.2 Å². The average Bonchev–Trinajstić information content (AvgIpc) is 2.84. The standard InChI is InChI=1S/C27H32N2O2S/c1-5-22-8-7-9-23(6-2)26(22)28-27(32)29(18-20-10-14-24(30-3)15-11-20)19-21-12-16-25(31-4)17-13-21/h7-17H,5-6,18-19H2,1-4H3,(H,28,32). The SMILES string of the molecule is CCc1cccc(CC)c1NC(=S)N(Cc1ccc(OC)cc1)Cc1ccc(OC)cc1. The summed E-state index contributed by atoms with van der Waals surface area (Å²) in [5.74, 6) is 1.70. The van der Waals surface area contributed by atoms with Crippen molar-refractivity contribution in [2.75, 3.05) is 19.5 Å². The van der Waals surface area contributed by atoms with E-state index in [9.17, 15) is 0 Å². The summed E-state index contributed by atoms with van der Waals surface area (Å²) in [4.78, 5) is 2.20. The Bertz CT molecular complexity index is 945. The smallest absolute Gasteiger partial charge is 0.174 e. The molecule has 168 valence electrons. The Morgan fingerprint density at radius 2 is 1.19 bits per heavy atom. The molecule has 32 heavy (non-hydrogen) atoms. The third kappa shape index (κ3) is 6.01. The number of aryl methyl sites for hydroxylation is 2. The van der Waals surface area contributed by atoms with Crippen molar-refractivity contribution < 1.29 is 9.47 Å². The number of benzene rings is 3. The first-order valence-corrected chi connectivity index (χ1v) is 11.4. The van der Waals surface area contributed by atoms with E-state index >= 15 is 0 Å². The summed E-state index contributed by atoms with van der Waals surface area (Å²) in [6.07, 6.45) is 1.91. The maximum Gasteiger partial charge on any atom is 0.174 e. The molecule has 0 unspecified atom stereocenters. The second kappa shape index (κ2) is 11.5. The number of nitrogens with one attached hydrogen (secondary N) is 1. The average molecular weight is 449 g/mol. The van der Waals surface area contributed by atoms with Crippen LogP contribution in [0.25, 0.3) is 0 Å². The molecule has 0 aliphatic heterocycles. The molecule has 0 saturated carbocycles. The van der Waals surface area contributed by atoms with Crippen LogP contribution < -0.4 is 14.8 Å². The first-order valence-electron chi connectivity index (χ1n) is 11.0. The molecule has 0 saturated heterocycles. The van der Waals surface area contributed by atoms with Crippen molar-refractivity contribution in [2.45, 2.75) is 39.8 Å². The molecule has 0 radical (unpaired) electrons. The normalized spacial score (nSPS) is 10.5. The van der Waals surface area contributed by atoms with E-state index in [2.05, 4.69) is 66.5 Å². The van der Waals surface area contributed by atoms with Gasteiger partial charge in [0.2, 0.25) is 0 Å². The fraction of sp³-hybridized carbons (Fsp3) is 0.296. The maximum atomic E-state index is 5.93. The van der Waals surface area contributed by atoms with Gasteiger partial charge in [-0.25, -0.2) is 0 Å². The predicted molar refractivity (Wildman–Crippen MR) is 137 cm³/mol. The molecule has 0 amide bonds. The molecule has 0 heterocycles. The molecule has 0 fully saturated rings. The summed E-state index contributed by atoms with van der Waals surface area (Å²) in [5.41, 5.74) is 6.03. The summed E-state index contributed by atoms with van der Waals surface area (Å²) < 4.78 is 10.6. The zero-order chi connectivity index (χ0) is 22.9. The van der Waals surface area contributed by atoms with E-state index in [1.54, 1.807) is 14.2 Å². The minimum Gasteiger partial charge on any atom is -0.497 e. The molecular weight excluding hydrogens is 416 g/mol. The lowest BCUT2D eigenvalue weighted by molar-refractivity contribution is 0.404. The fourth-order valence-electron chi connectivity index (χ4n) is 3.69. The minimum absolute atomic E-state index is 0.692. The number of para-hydroxylation sites is 1. The molecule has 3 aromatic rings. The molecule has 0 aromatic heterocycles. The van der Waals surface area contributed by atoms with Gasteiger partial charge in [-0.15, -0.1) is 0 Å². The molecule has 3 rings (SSSR count). The van der Waals surface area contributed by atoms with Crippen molar-refractivity contribution >= 4 is 23.0 Å². The zero-order valence-corrected chi connectivity index (χ0v) is 20.2. The Balaban J connectivity index is 1.87. The number of hydrogen-bond donors (Lipinski definition) is 1. The summed E-state index contributed by atoms with van der Waals surface area (Å²) in [7, 11) is 3.36. The summed E-state index contributed by atoms with van der Waals surface area (Å²) in [6, 6.07) is 22.7. The van der Waals surface area contributed by atoms with E-state index in [-0.39, 0.29) is 0 Å². The lowest BCUT2D eigenvalue weighted by Gasteiger charge is -2.28. The van der Waals surface area contributed by atoms with E-state index in [0.717, 1.165) is 30.0 Å². The van der Waals surface area contributed by atoms with Crippen LogP contribution in [0.5, 0.6) is 11.5 Å². The molecule has 0 bridgehead atoms. The van der Waals surface area contributed by atoms with Gasteiger partial charge >= 0.3 is 0 Å². The van der Waals surface area contributed by atoms with Crippen molar-refractivity contribution in [1.82, 2.24) is 4.90 Å². The van der Waals surface area contributed by atoms with Crippen molar-refractivity contribution in [3.05, 3.63) is 89.0 Å². The van der Waals surface area contributed by atoms with Gasteiger partial charge in [-0.05, 0) is 71.6 Å². The molecule has 5 heteroatoms. The van der Waals surface area contributed by atoms with Gasteiger partial charge in [-0.3, -0.25) is 0 Å². The predicted octanol–water partition coefficient (Wildman–Crippen LogP) is 6.23. The number of methoxy groups -OCH3 is 2. The highest BCUT2D eigenvalue weighted by atomic mass is 32.1. The molecule has 4 nitrogen and oxygen atoms in total. The Morgan fingerprint density at radius 1 is 0.750 bits per heavy atom. The van der Waals surface area contributed by atoms with Gasteiger partial charge in [0.25, 0.3) is 0 Å². The van der Waals surface area contributed by atoms with Crippen LogP contribution in [0.1, 0.15) is 36.1 Å². The van der Waals surface area contributed by atoms with Crippen LogP contribution in [0.3, 0.4) is 0 Å². The van der Waals surface area contributed by atoms with Gasteiger partial charge in [0.05, 0.1) is 14.2 Å². The van der Waals surface area contributed by atoms with Crippen molar-refractivity contribution in [1.29, 1.82) is 0 Å². The van der Waals surface area contributed by atoms with Crippen LogP contribution >= 0.6 is 12.2 Å².